The molecule has 4 rings (SSSR count). The fourth-order valence-electron chi connectivity index (χ4n) is 4.80. The third-order valence-electron chi connectivity index (χ3n) is 6.45. The molecule has 0 N–H and O–H groups in total. The van der Waals surface area contributed by atoms with E-state index in [1.54, 1.807) is 16.9 Å². The molecule has 0 bridgehead atoms. The second kappa shape index (κ2) is 9.03. The van der Waals surface area contributed by atoms with E-state index in [4.69, 9.17) is 4.74 Å². The summed E-state index contributed by atoms with van der Waals surface area (Å²) in [5, 5.41) is 0. The molecule has 1 aromatic rings. The lowest BCUT2D eigenvalue weighted by atomic mass is 10.1. The summed E-state index contributed by atoms with van der Waals surface area (Å²) in [6.07, 6.45) is 3.80. The van der Waals surface area contributed by atoms with Crippen LogP contribution in [0, 0.1) is 0 Å². The largest absolute Gasteiger partial charge is 0.495 e. The van der Waals surface area contributed by atoms with Crippen LogP contribution in [0.5, 0.6) is 5.75 Å². The first-order valence-corrected chi connectivity index (χ1v) is 10.9. The van der Waals surface area contributed by atoms with Crippen molar-refractivity contribution in [3.05, 3.63) is 24.3 Å². The lowest BCUT2D eigenvalue weighted by Crippen LogP contribution is -2.57. The van der Waals surface area contributed by atoms with Crippen molar-refractivity contribution < 1.29 is 14.3 Å². The Kier molecular flexibility index (Phi) is 6.23. The van der Waals surface area contributed by atoms with Crippen LogP contribution < -0.4 is 9.64 Å². The van der Waals surface area contributed by atoms with E-state index >= 15 is 0 Å². The van der Waals surface area contributed by atoms with Crippen molar-refractivity contribution in [3.8, 4) is 5.75 Å². The molecule has 7 nitrogen and oxygen atoms in total. The highest BCUT2D eigenvalue weighted by Crippen LogP contribution is 2.28. The van der Waals surface area contributed by atoms with Gasteiger partial charge < -0.3 is 19.4 Å². The molecule has 1 aromatic carbocycles. The summed E-state index contributed by atoms with van der Waals surface area (Å²) in [5.74, 6) is 1.22. The summed E-state index contributed by atoms with van der Waals surface area (Å²) in [6, 6.07) is 8.01. The lowest BCUT2D eigenvalue weighted by Gasteiger charge is -2.37. The molecule has 2 amide bonds. The van der Waals surface area contributed by atoms with Crippen molar-refractivity contribution in [2.45, 2.75) is 31.7 Å². The highest BCUT2D eigenvalue weighted by Gasteiger charge is 2.41. The topological polar surface area (TPSA) is 56.3 Å². The zero-order chi connectivity index (χ0) is 20.2. The molecule has 0 aliphatic carbocycles. The number of piperazine rings is 2. The molecule has 158 valence electrons. The SMILES string of the molecule is COc1ccccc1N1CCN(CCCCN2CC(=O)N3CCCC3C2=O)CC1. The maximum atomic E-state index is 12.6. The molecule has 0 saturated carbocycles. The van der Waals surface area contributed by atoms with Crippen LogP contribution in [-0.4, -0.2) is 92.0 Å². The van der Waals surface area contributed by atoms with Crippen LogP contribution in [0.1, 0.15) is 25.7 Å². The van der Waals surface area contributed by atoms with Crippen molar-refractivity contribution >= 4 is 17.5 Å². The molecule has 0 radical (unpaired) electrons. The number of benzene rings is 1. The number of anilines is 1. The molecule has 3 aliphatic heterocycles. The Morgan fingerprint density at radius 1 is 1.00 bits per heavy atom. The van der Waals surface area contributed by atoms with Gasteiger partial charge >= 0.3 is 0 Å². The van der Waals surface area contributed by atoms with Gasteiger partial charge in [0.1, 0.15) is 11.8 Å². The Morgan fingerprint density at radius 2 is 1.76 bits per heavy atom. The van der Waals surface area contributed by atoms with Gasteiger partial charge in [0.05, 0.1) is 19.3 Å². The number of unbranched alkanes of at least 4 members (excludes halogenated alkanes) is 1. The van der Waals surface area contributed by atoms with Crippen molar-refractivity contribution in [1.82, 2.24) is 14.7 Å². The van der Waals surface area contributed by atoms with E-state index in [1.807, 2.05) is 12.1 Å². The number of rotatable bonds is 7. The van der Waals surface area contributed by atoms with Crippen molar-refractivity contribution in [2.24, 2.45) is 0 Å². The molecule has 0 spiro atoms. The maximum absolute atomic E-state index is 12.6. The average Bonchev–Trinajstić information content (AvgIpc) is 3.26. The molecule has 1 atom stereocenters. The number of para-hydroxylation sites is 2. The molecular formula is C22H32N4O3. The van der Waals surface area contributed by atoms with Gasteiger partial charge in [-0.3, -0.25) is 14.5 Å². The molecule has 3 fully saturated rings. The second-order valence-corrected chi connectivity index (χ2v) is 8.21. The number of ether oxygens (including phenoxy) is 1. The van der Waals surface area contributed by atoms with E-state index in [0.29, 0.717) is 6.54 Å². The number of carbonyl (C=O) groups excluding carboxylic acids is 2. The molecule has 0 aromatic heterocycles. The first-order valence-electron chi connectivity index (χ1n) is 10.9. The fraction of sp³-hybridized carbons (Fsp3) is 0.636. The zero-order valence-electron chi connectivity index (χ0n) is 17.4. The van der Waals surface area contributed by atoms with Gasteiger partial charge in [-0.15, -0.1) is 0 Å². The Morgan fingerprint density at radius 3 is 2.55 bits per heavy atom. The Balaban J connectivity index is 1.18. The summed E-state index contributed by atoms with van der Waals surface area (Å²) in [4.78, 5) is 33.2. The Bertz CT molecular complexity index is 733. The molecule has 29 heavy (non-hydrogen) atoms. The highest BCUT2D eigenvalue weighted by molar-refractivity contribution is 5.95. The van der Waals surface area contributed by atoms with Gasteiger partial charge in [-0.05, 0) is 44.4 Å². The molecule has 3 saturated heterocycles. The van der Waals surface area contributed by atoms with Gasteiger partial charge in [-0.1, -0.05) is 12.1 Å². The Labute approximate surface area is 173 Å². The predicted octanol–water partition coefficient (Wildman–Crippen LogP) is 1.43. The van der Waals surface area contributed by atoms with Gasteiger partial charge in [0.25, 0.3) is 0 Å². The minimum Gasteiger partial charge on any atom is -0.495 e. The molecule has 3 aliphatic rings. The fourth-order valence-corrected chi connectivity index (χ4v) is 4.80. The van der Waals surface area contributed by atoms with Crippen LogP contribution in [0.4, 0.5) is 5.69 Å². The third-order valence-corrected chi connectivity index (χ3v) is 6.45. The van der Waals surface area contributed by atoms with E-state index in [9.17, 15) is 9.59 Å². The number of carbonyl (C=O) groups is 2. The van der Waals surface area contributed by atoms with Crippen LogP contribution in [-0.2, 0) is 9.59 Å². The third kappa shape index (κ3) is 4.34. The van der Waals surface area contributed by atoms with Gasteiger partial charge in [-0.25, -0.2) is 0 Å². The minimum absolute atomic E-state index is 0.125. The van der Waals surface area contributed by atoms with E-state index in [2.05, 4.69) is 21.9 Å². The minimum atomic E-state index is -0.181. The number of methoxy groups -OCH3 is 1. The summed E-state index contributed by atoms with van der Waals surface area (Å²) in [6.45, 7) is 6.85. The average molecular weight is 401 g/mol. The first kappa shape index (κ1) is 20.0. The van der Waals surface area contributed by atoms with Gasteiger partial charge in [0.15, 0.2) is 0 Å². The Hall–Kier alpha value is -2.28. The van der Waals surface area contributed by atoms with Crippen LogP contribution in [0.3, 0.4) is 0 Å². The van der Waals surface area contributed by atoms with Crippen LogP contribution in [0.25, 0.3) is 0 Å². The smallest absolute Gasteiger partial charge is 0.245 e. The standard InChI is InChI=1S/C22H32N4O3/c1-29-20-9-3-2-7-18(20)24-15-13-23(14-16-24)10-4-5-11-25-17-21(27)26-12-6-8-19(26)22(25)28/h2-3,7,9,19H,4-6,8,10-17H2,1H3. The van der Waals surface area contributed by atoms with Gasteiger partial charge in [-0.2, -0.15) is 0 Å². The van der Waals surface area contributed by atoms with Crippen LogP contribution in [0.15, 0.2) is 24.3 Å². The summed E-state index contributed by atoms with van der Waals surface area (Å²) in [7, 11) is 1.72. The maximum Gasteiger partial charge on any atom is 0.245 e. The molecular weight excluding hydrogens is 368 g/mol. The van der Waals surface area contributed by atoms with Crippen molar-refractivity contribution in [2.75, 3.05) is 64.4 Å². The highest BCUT2D eigenvalue weighted by atomic mass is 16.5. The molecule has 1 unspecified atom stereocenters. The van der Waals surface area contributed by atoms with Crippen LogP contribution in [0.2, 0.25) is 0 Å². The monoisotopic (exact) mass is 400 g/mol. The number of amides is 2. The normalized spacial score (nSPS) is 22.9. The first-order chi connectivity index (χ1) is 14.2. The van der Waals surface area contributed by atoms with E-state index < -0.39 is 0 Å². The summed E-state index contributed by atoms with van der Waals surface area (Å²) in [5.41, 5.74) is 1.17. The molecule has 7 heteroatoms. The summed E-state index contributed by atoms with van der Waals surface area (Å²) < 4.78 is 5.49. The van der Waals surface area contributed by atoms with Gasteiger partial charge in [0, 0.05) is 39.3 Å². The number of hydrogen-bond acceptors (Lipinski definition) is 5. The molecule has 3 heterocycles. The second-order valence-electron chi connectivity index (χ2n) is 8.21. The number of fused-ring (bicyclic) bond motifs is 1. The predicted molar refractivity (Wildman–Crippen MR) is 112 cm³/mol. The van der Waals surface area contributed by atoms with E-state index in [0.717, 1.165) is 70.7 Å². The van der Waals surface area contributed by atoms with E-state index in [-0.39, 0.29) is 24.4 Å². The number of nitrogens with zero attached hydrogens (tertiary/aromatic N) is 4. The van der Waals surface area contributed by atoms with Gasteiger partial charge in [0.2, 0.25) is 11.8 Å². The van der Waals surface area contributed by atoms with E-state index in [1.165, 1.54) is 5.69 Å². The number of hydrogen-bond donors (Lipinski definition) is 0. The quantitative estimate of drug-likeness (QED) is 0.648. The zero-order valence-corrected chi connectivity index (χ0v) is 17.4. The van der Waals surface area contributed by atoms with Crippen molar-refractivity contribution in [1.29, 1.82) is 0 Å². The van der Waals surface area contributed by atoms with Crippen LogP contribution >= 0.6 is 0 Å². The lowest BCUT2D eigenvalue weighted by molar-refractivity contribution is -0.153. The van der Waals surface area contributed by atoms with Crippen molar-refractivity contribution in [3.63, 3.8) is 0 Å². The summed E-state index contributed by atoms with van der Waals surface area (Å²) >= 11 is 0.